The SMILES string of the molecule is CC(C)(C)NC(=O)C(Cc1ccccc1)N(Cc1ccccc1)C(=O)CN(c1ccc(F)c(F)c1)S(C)(=O)=O. The van der Waals surface area contributed by atoms with E-state index in [1.54, 1.807) is 24.3 Å². The monoisotopic (exact) mass is 557 g/mol. The number of hydrogen-bond acceptors (Lipinski definition) is 4. The van der Waals surface area contributed by atoms with E-state index >= 15 is 0 Å². The molecular formula is C29H33F2N3O4S. The highest BCUT2D eigenvalue weighted by Gasteiger charge is 2.34. The molecule has 0 aliphatic rings. The standard InChI is InChI=1S/C29H33F2N3O4S/c1-29(2,3)32-28(36)26(17-21-11-7-5-8-12-21)33(19-22-13-9-6-10-14-22)27(35)20-34(39(4,37)38)23-15-16-24(30)25(31)18-23/h5-16,18,26H,17,19-20H2,1-4H3,(H,32,36). The Kier molecular flexibility index (Phi) is 9.45. The smallest absolute Gasteiger partial charge is 0.244 e. The van der Waals surface area contributed by atoms with Crippen molar-refractivity contribution in [3.05, 3.63) is 102 Å². The third-order valence-corrected chi connectivity index (χ3v) is 6.98. The maximum atomic E-state index is 14.0. The number of benzene rings is 3. The zero-order chi connectivity index (χ0) is 28.8. The van der Waals surface area contributed by atoms with Crippen molar-refractivity contribution in [3.8, 4) is 0 Å². The Balaban J connectivity index is 2.06. The second-order valence-corrected chi connectivity index (χ2v) is 12.2. The molecule has 39 heavy (non-hydrogen) atoms. The molecule has 7 nitrogen and oxygen atoms in total. The first-order valence-corrected chi connectivity index (χ1v) is 14.2. The summed E-state index contributed by atoms with van der Waals surface area (Å²) in [6.45, 7) is 4.77. The summed E-state index contributed by atoms with van der Waals surface area (Å²) in [4.78, 5) is 28.8. The first kappa shape index (κ1) is 29.8. The Morgan fingerprint density at radius 2 is 1.44 bits per heavy atom. The predicted molar refractivity (Wildman–Crippen MR) is 147 cm³/mol. The van der Waals surface area contributed by atoms with Crippen LogP contribution in [0, 0.1) is 11.6 Å². The highest BCUT2D eigenvalue weighted by molar-refractivity contribution is 7.92. The van der Waals surface area contributed by atoms with Crippen LogP contribution in [0.2, 0.25) is 0 Å². The summed E-state index contributed by atoms with van der Waals surface area (Å²) in [7, 11) is -4.09. The second kappa shape index (κ2) is 12.4. The number of amides is 2. The van der Waals surface area contributed by atoms with E-state index in [1.807, 2.05) is 57.2 Å². The van der Waals surface area contributed by atoms with Gasteiger partial charge in [-0.3, -0.25) is 13.9 Å². The van der Waals surface area contributed by atoms with Crippen LogP contribution in [-0.4, -0.2) is 49.5 Å². The van der Waals surface area contributed by atoms with Crippen molar-refractivity contribution in [3.63, 3.8) is 0 Å². The summed E-state index contributed by atoms with van der Waals surface area (Å²) in [5.41, 5.74) is 0.727. The summed E-state index contributed by atoms with van der Waals surface area (Å²) in [5.74, 6) is -3.49. The van der Waals surface area contributed by atoms with Gasteiger partial charge in [0.25, 0.3) is 0 Å². The van der Waals surface area contributed by atoms with Crippen LogP contribution in [0.5, 0.6) is 0 Å². The third-order valence-electron chi connectivity index (χ3n) is 5.84. The Hall–Kier alpha value is -3.79. The fraction of sp³-hybridized carbons (Fsp3) is 0.310. The first-order valence-electron chi connectivity index (χ1n) is 12.4. The zero-order valence-corrected chi connectivity index (χ0v) is 23.2. The highest BCUT2D eigenvalue weighted by Crippen LogP contribution is 2.22. The van der Waals surface area contributed by atoms with E-state index in [2.05, 4.69) is 5.32 Å². The molecule has 1 unspecified atom stereocenters. The van der Waals surface area contributed by atoms with Crippen LogP contribution in [0.4, 0.5) is 14.5 Å². The largest absolute Gasteiger partial charge is 0.350 e. The number of nitrogens with one attached hydrogen (secondary N) is 1. The molecule has 1 N–H and O–H groups in total. The number of carbonyl (C=O) groups is 2. The zero-order valence-electron chi connectivity index (χ0n) is 22.4. The maximum Gasteiger partial charge on any atom is 0.244 e. The molecule has 3 aromatic rings. The average Bonchev–Trinajstić information content (AvgIpc) is 2.86. The van der Waals surface area contributed by atoms with Gasteiger partial charge in [0.05, 0.1) is 11.9 Å². The van der Waals surface area contributed by atoms with Crippen molar-refractivity contribution in [1.29, 1.82) is 0 Å². The van der Waals surface area contributed by atoms with E-state index in [4.69, 9.17) is 0 Å². The molecule has 10 heteroatoms. The molecule has 3 aromatic carbocycles. The molecule has 3 rings (SSSR count). The second-order valence-electron chi connectivity index (χ2n) is 10.3. The summed E-state index contributed by atoms with van der Waals surface area (Å²) >= 11 is 0. The highest BCUT2D eigenvalue weighted by atomic mass is 32.2. The van der Waals surface area contributed by atoms with E-state index in [0.717, 1.165) is 35.6 Å². The molecule has 0 heterocycles. The molecule has 208 valence electrons. The van der Waals surface area contributed by atoms with Gasteiger partial charge in [-0.2, -0.15) is 0 Å². The molecule has 0 aromatic heterocycles. The van der Waals surface area contributed by atoms with Crippen LogP contribution in [0.15, 0.2) is 78.9 Å². The van der Waals surface area contributed by atoms with Gasteiger partial charge in [0.15, 0.2) is 11.6 Å². The molecule has 0 radical (unpaired) electrons. The summed E-state index contributed by atoms with van der Waals surface area (Å²) in [6.07, 6.45) is 1.04. The average molecular weight is 558 g/mol. The molecule has 1 atom stereocenters. The van der Waals surface area contributed by atoms with Crippen LogP contribution in [0.25, 0.3) is 0 Å². The lowest BCUT2D eigenvalue weighted by Crippen LogP contribution is -2.56. The topological polar surface area (TPSA) is 86.8 Å². The Morgan fingerprint density at radius 3 is 1.95 bits per heavy atom. The number of carbonyl (C=O) groups excluding carboxylic acids is 2. The predicted octanol–water partition coefficient (Wildman–Crippen LogP) is 4.29. The van der Waals surface area contributed by atoms with Crippen molar-refractivity contribution in [1.82, 2.24) is 10.2 Å². The molecule has 0 saturated heterocycles. The van der Waals surface area contributed by atoms with Crippen LogP contribution >= 0.6 is 0 Å². The fourth-order valence-corrected chi connectivity index (χ4v) is 4.88. The minimum atomic E-state index is -4.09. The van der Waals surface area contributed by atoms with E-state index in [1.165, 1.54) is 4.90 Å². The van der Waals surface area contributed by atoms with E-state index < -0.39 is 51.6 Å². The number of hydrogen-bond donors (Lipinski definition) is 1. The molecule has 0 fully saturated rings. The van der Waals surface area contributed by atoms with Gasteiger partial charge in [-0.15, -0.1) is 0 Å². The van der Waals surface area contributed by atoms with Crippen molar-refractivity contribution < 1.29 is 26.8 Å². The van der Waals surface area contributed by atoms with Gasteiger partial charge in [0.2, 0.25) is 21.8 Å². The van der Waals surface area contributed by atoms with Gasteiger partial charge in [0, 0.05) is 24.6 Å². The lowest BCUT2D eigenvalue weighted by Gasteiger charge is -2.35. The molecule has 0 aliphatic carbocycles. The van der Waals surface area contributed by atoms with Crippen LogP contribution in [0.3, 0.4) is 0 Å². The number of halogens is 2. The van der Waals surface area contributed by atoms with Crippen molar-refractivity contribution >= 4 is 27.5 Å². The van der Waals surface area contributed by atoms with Gasteiger partial charge >= 0.3 is 0 Å². The minimum Gasteiger partial charge on any atom is -0.350 e. The lowest BCUT2D eigenvalue weighted by molar-refractivity contribution is -0.140. The molecule has 0 spiro atoms. The van der Waals surface area contributed by atoms with Gasteiger partial charge in [0.1, 0.15) is 12.6 Å². The number of rotatable bonds is 10. The normalized spacial score (nSPS) is 12.5. The number of nitrogens with zero attached hydrogens (tertiary/aromatic N) is 2. The van der Waals surface area contributed by atoms with Crippen molar-refractivity contribution in [2.24, 2.45) is 0 Å². The summed E-state index contributed by atoms with van der Waals surface area (Å²) < 4.78 is 53.6. The van der Waals surface area contributed by atoms with Crippen molar-refractivity contribution in [2.45, 2.75) is 45.3 Å². The van der Waals surface area contributed by atoms with E-state index in [0.29, 0.717) is 4.31 Å². The van der Waals surface area contributed by atoms with Gasteiger partial charge in [-0.05, 0) is 44.0 Å². The van der Waals surface area contributed by atoms with E-state index in [-0.39, 0.29) is 18.7 Å². The van der Waals surface area contributed by atoms with Gasteiger partial charge < -0.3 is 10.2 Å². The Morgan fingerprint density at radius 1 is 0.872 bits per heavy atom. The van der Waals surface area contributed by atoms with Gasteiger partial charge in [-0.25, -0.2) is 17.2 Å². The van der Waals surface area contributed by atoms with Crippen molar-refractivity contribution in [2.75, 3.05) is 17.1 Å². The Bertz CT molecular complexity index is 1400. The summed E-state index contributed by atoms with van der Waals surface area (Å²) in [5, 5.41) is 2.93. The molecule has 0 aliphatic heterocycles. The third kappa shape index (κ3) is 8.61. The van der Waals surface area contributed by atoms with Crippen LogP contribution < -0.4 is 9.62 Å². The number of anilines is 1. The van der Waals surface area contributed by atoms with Crippen LogP contribution in [0.1, 0.15) is 31.9 Å². The lowest BCUT2D eigenvalue weighted by atomic mass is 10.0. The van der Waals surface area contributed by atoms with E-state index in [9.17, 15) is 26.8 Å². The first-order chi connectivity index (χ1) is 18.2. The molecule has 0 saturated carbocycles. The number of sulfonamides is 1. The minimum absolute atomic E-state index is 0.0180. The van der Waals surface area contributed by atoms with Gasteiger partial charge in [-0.1, -0.05) is 60.7 Å². The maximum absolute atomic E-state index is 14.0. The molecule has 0 bridgehead atoms. The van der Waals surface area contributed by atoms with Crippen LogP contribution in [-0.2, 0) is 32.6 Å². The molecule has 2 amide bonds. The molecular weight excluding hydrogens is 524 g/mol. The Labute approximate surface area is 228 Å². The fourth-order valence-electron chi connectivity index (χ4n) is 4.04. The quantitative estimate of drug-likeness (QED) is 0.403. The summed E-state index contributed by atoms with van der Waals surface area (Å²) in [6, 6.07) is 19.8.